The van der Waals surface area contributed by atoms with Crippen molar-refractivity contribution in [3.8, 4) is 0 Å². The zero-order chi connectivity index (χ0) is 28.1. The molecule has 1 heterocycles. The fourth-order valence-corrected chi connectivity index (χ4v) is 5.70. The zero-order valence-corrected chi connectivity index (χ0v) is 24.8. The van der Waals surface area contributed by atoms with Crippen LogP contribution in [0.1, 0.15) is 68.2 Å². The maximum Gasteiger partial charge on any atom is 0.302 e. The SMILES string of the molecule is C/C=C\[C@H](C)[C@H]1O[C@@]1(C)[C@@H](O[Si](C)(C)C(C)(C)C)[C@@H](COC(C)=O)C(=O)[C@H](CO)[C@H](O)CC(=O)CC. The van der Waals surface area contributed by atoms with Crippen LogP contribution in [-0.4, -0.2) is 73.2 Å². The molecule has 208 valence electrons. The van der Waals surface area contributed by atoms with Gasteiger partial charge in [-0.1, -0.05) is 46.8 Å². The van der Waals surface area contributed by atoms with Gasteiger partial charge in [-0.15, -0.1) is 0 Å². The van der Waals surface area contributed by atoms with E-state index in [9.17, 15) is 24.6 Å². The van der Waals surface area contributed by atoms with Crippen LogP contribution in [0.4, 0.5) is 0 Å². The zero-order valence-electron chi connectivity index (χ0n) is 23.8. The molecular weight excluding hydrogens is 480 g/mol. The summed E-state index contributed by atoms with van der Waals surface area (Å²) in [5.74, 6) is -3.44. The normalized spacial score (nSPS) is 24.6. The average molecular weight is 529 g/mol. The van der Waals surface area contributed by atoms with Gasteiger partial charge in [0.05, 0.1) is 36.8 Å². The molecule has 0 amide bonds. The third kappa shape index (κ3) is 8.05. The molecule has 0 aromatic carbocycles. The fraction of sp³-hybridized carbons (Fsp3) is 0.815. The van der Waals surface area contributed by atoms with E-state index in [2.05, 4.69) is 33.9 Å². The van der Waals surface area contributed by atoms with Crippen molar-refractivity contribution in [3.63, 3.8) is 0 Å². The van der Waals surface area contributed by atoms with E-state index in [4.69, 9.17) is 13.9 Å². The number of carbonyl (C=O) groups is 3. The van der Waals surface area contributed by atoms with Crippen molar-refractivity contribution in [1.82, 2.24) is 0 Å². The first-order valence-electron chi connectivity index (χ1n) is 12.9. The summed E-state index contributed by atoms with van der Waals surface area (Å²) in [6, 6.07) is 0. The van der Waals surface area contributed by atoms with E-state index in [-0.39, 0.29) is 42.3 Å². The lowest BCUT2D eigenvalue weighted by Gasteiger charge is -2.43. The molecule has 36 heavy (non-hydrogen) atoms. The minimum absolute atomic E-state index is 0.0522. The molecule has 0 radical (unpaired) electrons. The smallest absolute Gasteiger partial charge is 0.302 e. The number of hydrogen-bond acceptors (Lipinski definition) is 8. The first-order chi connectivity index (χ1) is 16.5. The van der Waals surface area contributed by atoms with Gasteiger partial charge in [-0.05, 0) is 32.0 Å². The molecule has 1 rings (SSSR count). The number of esters is 1. The van der Waals surface area contributed by atoms with Gasteiger partial charge in [-0.3, -0.25) is 14.4 Å². The summed E-state index contributed by atoms with van der Waals surface area (Å²) >= 11 is 0. The van der Waals surface area contributed by atoms with Crippen LogP contribution in [0, 0.1) is 17.8 Å². The fourth-order valence-electron chi connectivity index (χ4n) is 4.32. The highest BCUT2D eigenvalue weighted by molar-refractivity contribution is 6.74. The molecule has 0 bridgehead atoms. The molecular formula is C27H48O8Si. The summed E-state index contributed by atoms with van der Waals surface area (Å²) in [4.78, 5) is 37.6. The van der Waals surface area contributed by atoms with Gasteiger partial charge in [-0.25, -0.2) is 0 Å². The molecule has 0 spiro atoms. The van der Waals surface area contributed by atoms with Gasteiger partial charge in [0.15, 0.2) is 8.32 Å². The molecule has 8 nitrogen and oxygen atoms in total. The number of carbonyl (C=O) groups excluding carboxylic acids is 3. The summed E-state index contributed by atoms with van der Waals surface area (Å²) in [6.45, 7) is 18.3. The van der Waals surface area contributed by atoms with Crippen LogP contribution in [-0.2, 0) is 28.3 Å². The Morgan fingerprint density at radius 1 is 1.19 bits per heavy atom. The maximum atomic E-state index is 13.9. The predicted octanol–water partition coefficient (Wildman–Crippen LogP) is 3.83. The Bertz CT molecular complexity index is 802. The van der Waals surface area contributed by atoms with E-state index in [1.807, 2.05) is 32.9 Å². The molecule has 0 aromatic rings. The topological polar surface area (TPSA) is 123 Å². The summed E-state index contributed by atoms with van der Waals surface area (Å²) in [5, 5.41) is 20.6. The van der Waals surface area contributed by atoms with Gasteiger partial charge in [-0.2, -0.15) is 0 Å². The van der Waals surface area contributed by atoms with E-state index in [1.165, 1.54) is 6.92 Å². The van der Waals surface area contributed by atoms with E-state index in [0.29, 0.717) is 0 Å². The summed E-state index contributed by atoms with van der Waals surface area (Å²) in [6.07, 6.45) is 1.58. The highest BCUT2D eigenvalue weighted by Crippen LogP contribution is 2.50. The predicted molar refractivity (Wildman–Crippen MR) is 141 cm³/mol. The van der Waals surface area contributed by atoms with Crippen molar-refractivity contribution in [1.29, 1.82) is 0 Å². The molecule has 0 aromatic heterocycles. The third-order valence-corrected chi connectivity index (χ3v) is 12.2. The van der Waals surface area contributed by atoms with Gasteiger partial charge in [0.25, 0.3) is 0 Å². The molecule has 9 heteroatoms. The second-order valence-electron chi connectivity index (χ2n) is 11.7. The monoisotopic (exact) mass is 528 g/mol. The minimum Gasteiger partial charge on any atom is -0.465 e. The van der Waals surface area contributed by atoms with Crippen molar-refractivity contribution in [2.75, 3.05) is 13.2 Å². The highest BCUT2D eigenvalue weighted by Gasteiger charge is 2.64. The van der Waals surface area contributed by atoms with Crippen molar-refractivity contribution in [2.24, 2.45) is 17.8 Å². The second-order valence-corrected chi connectivity index (χ2v) is 16.4. The summed E-state index contributed by atoms with van der Waals surface area (Å²) in [5.41, 5.74) is -0.848. The number of epoxide rings is 1. The first-order valence-corrected chi connectivity index (χ1v) is 15.8. The Labute approximate surface area is 217 Å². The van der Waals surface area contributed by atoms with Crippen LogP contribution in [0.3, 0.4) is 0 Å². The van der Waals surface area contributed by atoms with Crippen molar-refractivity contribution in [2.45, 2.75) is 110 Å². The van der Waals surface area contributed by atoms with Gasteiger partial charge >= 0.3 is 5.97 Å². The Morgan fingerprint density at radius 2 is 1.78 bits per heavy atom. The van der Waals surface area contributed by atoms with Crippen molar-refractivity contribution >= 4 is 25.9 Å². The lowest BCUT2D eigenvalue weighted by molar-refractivity contribution is -0.149. The molecule has 1 saturated heterocycles. The minimum atomic E-state index is -2.46. The third-order valence-electron chi connectivity index (χ3n) is 7.71. The highest BCUT2D eigenvalue weighted by atomic mass is 28.4. The molecule has 2 N–H and O–H groups in total. The van der Waals surface area contributed by atoms with Crippen LogP contribution >= 0.6 is 0 Å². The number of ketones is 2. The molecule has 0 saturated carbocycles. The number of ether oxygens (including phenoxy) is 2. The van der Waals surface area contributed by atoms with Crippen molar-refractivity contribution in [3.05, 3.63) is 12.2 Å². The number of rotatable bonds is 15. The average Bonchev–Trinajstić information content (AvgIpc) is 3.45. The molecule has 0 aliphatic carbocycles. The van der Waals surface area contributed by atoms with Gasteiger partial charge < -0.3 is 24.1 Å². The number of hydrogen-bond donors (Lipinski definition) is 2. The molecule has 1 aliphatic heterocycles. The Balaban J connectivity index is 3.54. The lowest BCUT2D eigenvalue weighted by Crippen LogP contribution is -2.55. The van der Waals surface area contributed by atoms with Gasteiger partial charge in [0, 0.05) is 25.7 Å². The summed E-state index contributed by atoms with van der Waals surface area (Å²) < 4.78 is 18.4. The second kappa shape index (κ2) is 12.9. The largest absolute Gasteiger partial charge is 0.465 e. The molecule has 1 fully saturated rings. The van der Waals surface area contributed by atoms with Crippen molar-refractivity contribution < 1.29 is 38.5 Å². The van der Waals surface area contributed by atoms with Crippen LogP contribution < -0.4 is 0 Å². The molecule has 1 aliphatic rings. The first kappa shape index (κ1) is 32.6. The van der Waals surface area contributed by atoms with Crippen LogP contribution in [0.5, 0.6) is 0 Å². The summed E-state index contributed by atoms with van der Waals surface area (Å²) in [7, 11) is -2.46. The Morgan fingerprint density at radius 3 is 2.22 bits per heavy atom. The quantitative estimate of drug-likeness (QED) is 0.142. The molecule has 7 atom stereocenters. The lowest BCUT2D eigenvalue weighted by atomic mass is 9.79. The van der Waals surface area contributed by atoms with Crippen LogP contribution in [0.2, 0.25) is 18.1 Å². The van der Waals surface area contributed by atoms with E-state index in [1.54, 1.807) is 6.92 Å². The van der Waals surface area contributed by atoms with Crippen LogP contribution in [0.25, 0.3) is 0 Å². The van der Waals surface area contributed by atoms with Gasteiger partial charge in [0.1, 0.15) is 23.8 Å². The van der Waals surface area contributed by atoms with E-state index in [0.717, 1.165) is 0 Å². The van der Waals surface area contributed by atoms with E-state index < -0.39 is 56.3 Å². The Kier molecular flexibility index (Phi) is 11.7. The number of Topliss-reactive ketones (excluding diaryl/α,β-unsaturated/α-hetero) is 2. The standard InChI is InChI=1S/C27H48O8Si/c1-11-13-17(3)24-27(8,34-24)25(35-36(9,10)26(5,6)7)21(16-33-18(4)29)23(32)20(15-28)22(31)14-19(30)12-2/h11,13,17,20-22,24-25,28,31H,12,14-16H2,1-10H3/b13-11-/t17-,20+,21-,22+,24+,25-,27+/m0/s1. The number of aliphatic hydroxyl groups excluding tert-OH is 2. The number of aliphatic hydroxyl groups is 2. The van der Waals surface area contributed by atoms with E-state index >= 15 is 0 Å². The van der Waals surface area contributed by atoms with Gasteiger partial charge in [0.2, 0.25) is 0 Å². The molecule has 0 unspecified atom stereocenters. The maximum absolute atomic E-state index is 13.9. The van der Waals surface area contributed by atoms with Crippen LogP contribution in [0.15, 0.2) is 12.2 Å². The number of allylic oxidation sites excluding steroid dienone is 1. The Hall–Kier alpha value is -1.39.